The predicted octanol–water partition coefficient (Wildman–Crippen LogP) is 3.32. The molecule has 0 bridgehead atoms. The van der Waals surface area contributed by atoms with E-state index in [0.717, 1.165) is 12.0 Å². The summed E-state index contributed by atoms with van der Waals surface area (Å²) in [5, 5.41) is 2.85. The van der Waals surface area contributed by atoms with Crippen LogP contribution in [-0.2, 0) is 10.2 Å². The number of amides is 3. The summed E-state index contributed by atoms with van der Waals surface area (Å²) < 4.78 is 0. The molecule has 0 radical (unpaired) electrons. The molecule has 1 unspecified atom stereocenters. The first kappa shape index (κ1) is 16.5. The Bertz CT molecular complexity index is 553. The highest BCUT2D eigenvalue weighted by molar-refractivity contribution is 6.04. The van der Waals surface area contributed by atoms with Crippen molar-refractivity contribution in [2.24, 2.45) is 5.92 Å². The van der Waals surface area contributed by atoms with E-state index in [4.69, 9.17) is 0 Å². The Morgan fingerprint density at radius 3 is 2.32 bits per heavy atom. The summed E-state index contributed by atoms with van der Waals surface area (Å²) >= 11 is 0. The average Bonchev–Trinajstić information content (AvgIpc) is 2.81. The number of nitrogens with one attached hydrogen (secondary N) is 1. The first-order chi connectivity index (χ1) is 10.3. The van der Waals surface area contributed by atoms with E-state index in [1.807, 2.05) is 51.1 Å². The maximum atomic E-state index is 12.7. The van der Waals surface area contributed by atoms with Gasteiger partial charge in [-0.3, -0.25) is 9.69 Å². The van der Waals surface area contributed by atoms with Crippen molar-refractivity contribution < 1.29 is 9.59 Å². The van der Waals surface area contributed by atoms with Crippen LogP contribution in [0.2, 0.25) is 0 Å². The van der Waals surface area contributed by atoms with Crippen molar-refractivity contribution in [1.82, 2.24) is 10.2 Å². The summed E-state index contributed by atoms with van der Waals surface area (Å²) in [6.45, 7) is 10.1. The lowest BCUT2D eigenvalue weighted by Gasteiger charge is -2.37. The number of hydrogen-bond acceptors (Lipinski definition) is 2. The molecule has 1 heterocycles. The topological polar surface area (TPSA) is 49.4 Å². The molecule has 1 aliphatic rings. The van der Waals surface area contributed by atoms with Gasteiger partial charge >= 0.3 is 6.03 Å². The Labute approximate surface area is 132 Å². The number of urea groups is 1. The van der Waals surface area contributed by atoms with Crippen molar-refractivity contribution in [3.8, 4) is 0 Å². The highest BCUT2D eigenvalue weighted by Gasteiger charge is 2.46. The minimum Gasteiger partial charge on any atom is -0.326 e. The molecule has 1 aromatic carbocycles. The average molecular weight is 302 g/mol. The third-order valence-corrected chi connectivity index (χ3v) is 5.16. The minimum atomic E-state index is -0.397. The third kappa shape index (κ3) is 2.74. The lowest BCUT2D eigenvalue weighted by atomic mass is 9.77. The van der Waals surface area contributed by atoms with Crippen LogP contribution in [0, 0.1) is 5.92 Å². The van der Waals surface area contributed by atoms with E-state index < -0.39 is 6.04 Å². The summed E-state index contributed by atoms with van der Waals surface area (Å²) in [5.41, 5.74) is 0.814. The second-order valence-corrected chi connectivity index (χ2v) is 6.78. The quantitative estimate of drug-likeness (QED) is 0.848. The van der Waals surface area contributed by atoms with Crippen LogP contribution in [0.25, 0.3) is 0 Å². The van der Waals surface area contributed by atoms with E-state index in [-0.39, 0.29) is 29.3 Å². The number of hydrogen-bond donors (Lipinski definition) is 1. The molecule has 3 amide bonds. The number of imide groups is 1. The van der Waals surface area contributed by atoms with E-state index in [9.17, 15) is 9.59 Å². The monoisotopic (exact) mass is 302 g/mol. The highest BCUT2D eigenvalue weighted by Crippen LogP contribution is 2.32. The van der Waals surface area contributed by atoms with Gasteiger partial charge in [0.15, 0.2) is 0 Å². The molecule has 1 fully saturated rings. The summed E-state index contributed by atoms with van der Waals surface area (Å²) in [7, 11) is 0. The Kier molecular flexibility index (Phi) is 4.59. The van der Waals surface area contributed by atoms with Crippen LogP contribution < -0.4 is 5.32 Å². The number of benzene rings is 1. The van der Waals surface area contributed by atoms with Crippen molar-refractivity contribution in [3.05, 3.63) is 35.9 Å². The van der Waals surface area contributed by atoms with E-state index >= 15 is 0 Å². The standard InChI is InChI=1S/C18H26N2O2/c1-6-12(2)15-16(21)20(17(22)19-15)13(3)18(4,5)14-10-8-7-9-11-14/h7-13,15H,6H2,1-5H3,(H,19,22)/t12-,13?,15-/m0/s1. The van der Waals surface area contributed by atoms with Crippen LogP contribution in [0.5, 0.6) is 0 Å². The van der Waals surface area contributed by atoms with Gasteiger partial charge in [-0.15, -0.1) is 0 Å². The number of nitrogens with zero attached hydrogens (tertiary/aromatic N) is 1. The smallest absolute Gasteiger partial charge is 0.325 e. The van der Waals surface area contributed by atoms with Gasteiger partial charge in [-0.1, -0.05) is 64.4 Å². The molecule has 0 aromatic heterocycles. The van der Waals surface area contributed by atoms with Crippen LogP contribution >= 0.6 is 0 Å². The molecular weight excluding hydrogens is 276 g/mol. The molecule has 1 N–H and O–H groups in total. The van der Waals surface area contributed by atoms with Crippen LogP contribution in [0.15, 0.2) is 30.3 Å². The van der Waals surface area contributed by atoms with Crippen molar-refractivity contribution in [2.75, 3.05) is 0 Å². The summed E-state index contributed by atoms with van der Waals surface area (Å²) in [6.07, 6.45) is 0.862. The first-order valence-electron chi connectivity index (χ1n) is 7.99. The SMILES string of the molecule is CC[C@H](C)[C@@H]1NC(=O)N(C(C)C(C)(C)c2ccccc2)C1=O. The third-order valence-electron chi connectivity index (χ3n) is 5.16. The van der Waals surface area contributed by atoms with Crippen LogP contribution in [0.3, 0.4) is 0 Å². The van der Waals surface area contributed by atoms with Gasteiger partial charge in [0.05, 0.1) is 0 Å². The predicted molar refractivity (Wildman–Crippen MR) is 87.6 cm³/mol. The van der Waals surface area contributed by atoms with Gasteiger partial charge in [0.1, 0.15) is 6.04 Å². The fourth-order valence-corrected chi connectivity index (χ4v) is 2.93. The lowest BCUT2D eigenvalue weighted by Crippen LogP contribution is -2.49. The van der Waals surface area contributed by atoms with Gasteiger partial charge in [-0.05, 0) is 18.4 Å². The van der Waals surface area contributed by atoms with Crippen LogP contribution in [-0.4, -0.2) is 28.9 Å². The largest absolute Gasteiger partial charge is 0.326 e. The van der Waals surface area contributed by atoms with E-state index in [0.29, 0.717) is 0 Å². The van der Waals surface area contributed by atoms with Gasteiger partial charge in [0.25, 0.3) is 5.91 Å². The fraction of sp³-hybridized carbons (Fsp3) is 0.556. The normalized spacial score (nSPS) is 21.7. The number of carbonyl (C=O) groups is 2. The van der Waals surface area contributed by atoms with E-state index in [1.165, 1.54) is 4.90 Å². The molecule has 4 heteroatoms. The van der Waals surface area contributed by atoms with Crippen LogP contribution in [0.1, 0.15) is 46.6 Å². The number of carbonyl (C=O) groups excluding carboxylic acids is 2. The van der Waals surface area contributed by atoms with Crippen molar-refractivity contribution in [1.29, 1.82) is 0 Å². The molecule has 1 saturated heterocycles. The molecule has 1 aromatic rings. The van der Waals surface area contributed by atoms with Gasteiger partial charge in [-0.2, -0.15) is 0 Å². The van der Waals surface area contributed by atoms with Crippen molar-refractivity contribution in [2.45, 2.75) is 58.5 Å². The Hall–Kier alpha value is -1.84. The molecular formula is C18H26N2O2. The molecule has 3 atom stereocenters. The molecule has 0 spiro atoms. The van der Waals surface area contributed by atoms with Gasteiger partial charge in [-0.25, -0.2) is 4.79 Å². The zero-order valence-corrected chi connectivity index (χ0v) is 14.1. The fourth-order valence-electron chi connectivity index (χ4n) is 2.93. The zero-order valence-electron chi connectivity index (χ0n) is 14.1. The molecule has 0 saturated carbocycles. The van der Waals surface area contributed by atoms with E-state index in [2.05, 4.69) is 19.2 Å². The molecule has 0 aliphatic carbocycles. The summed E-state index contributed by atoms with van der Waals surface area (Å²) in [5.74, 6) is 0.0457. The van der Waals surface area contributed by atoms with Crippen molar-refractivity contribution in [3.63, 3.8) is 0 Å². The maximum absolute atomic E-state index is 12.7. The highest BCUT2D eigenvalue weighted by atomic mass is 16.2. The molecule has 4 nitrogen and oxygen atoms in total. The van der Waals surface area contributed by atoms with Gasteiger partial charge < -0.3 is 5.32 Å². The molecule has 1 aliphatic heterocycles. The second-order valence-electron chi connectivity index (χ2n) is 6.78. The Morgan fingerprint density at radius 2 is 1.77 bits per heavy atom. The summed E-state index contributed by atoms with van der Waals surface area (Å²) in [6, 6.07) is 9.14. The van der Waals surface area contributed by atoms with E-state index in [1.54, 1.807) is 0 Å². The molecule has 2 rings (SSSR count). The second kappa shape index (κ2) is 6.11. The Morgan fingerprint density at radius 1 is 1.18 bits per heavy atom. The van der Waals surface area contributed by atoms with Gasteiger partial charge in [0.2, 0.25) is 0 Å². The van der Waals surface area contributed by atoms with Crippen molar-refractivity contribution >= 4 is 11.9 Å². The minimum absolute atomic E-state index is 0.101. The zero-order chi connectivity index (χ0) is 16.5. The first-order valence-corrected chi connectivity index (χ1v) is 7.99. The molecule has 22 heavy (non-hydrogen) atoms. The number of rotatable bonds is 5. The Balaban J connectivity index is 2.27. The maximum Gasteiger partial charge on any atom is 0.325 e. The molecule has 120 valence electrons. The lowest BCUT2D eigenvalue weighted by molar-refractivity contribution is -0.130. The van der Waals surface area contributed by atoms with Crippen LogP contribution in [0.4, 0.5) is 4.79 Å². The summed E-state index contributed by atoms with van der Waals surface area (Å²) in [4.78, 5) is 26.4. The van der Waals surface area contributed by atoms with Gasteiger partial charge in [0, 0.05) is 11.5 Å².